The Kier molecular flexibility index (Phi) is 5.01. The lowest BCUT2D eigenvalue weighted by Crippen LogP contribution is -2.32. The maximum absolute atomic E-state index is 12.3. The molecule has 0 amide bonds. The summed E-state index contributed by atoms with van der Waals surface area (Å²) < 4.78 is 33.5. The number of rotatable bonds is 4. The molecule has 0 fully saturated rings. The lowest BCUT2D eigenvalue weighted by Gasteiger charge is -2.33. The molecule has 0 aromatic carbocycles. The molecule has 0 aromatic heterocycles. The van der Waals surface area contributed by atoms with Gasteiger partial charge >= 0.3 is 7.60 Å². The second-order valence-corrected chi connectivity index (χ2v) is 7.52. The van der Waals surface area contributed by atoms with Crippen molar-refractivity contribution < 1.29 is 23.1 Å². The third kappa shape index (κ3) is 4.09. The molecule has 0 radical (unpaired) electrons. The van der Waals surface area contributed by atoms with Crippen LogP contribution in [0, 0.1) is 5.92 Å². The van der Waals surface area contributed by atoms with E-state index in [-0.39, 0.29) is 17.0 Å². The van der Waals surface area contributed by atoms with E-state index in [0.717, 1.165) is 0 Å². The van der Waals surface area contributed by atoms with Crippen LogP contribution in [0.2, 0.25) is 0 Å². The fourth-order valence-electron chi connectivity index (χ4n) is 1.71. The normalized spacial score (nSPS) is 25.6. The molecule has 106 valence electrons. The summed E-state index contributed by atoms with van der Waals surface area (Å²) in [6.45, 7) is 7.86. The standard InChI is InChI=1S/C12H23O5P/c1-9-7-10(17-12(2,3)4)16-11(8-9)18(13,14-5)15-6/h8-10H,7H2,1-6H3/t9-,10+/m1/s1. The van der Waals surface area contributed by atoms with Gasteiger partial charge in [0.2, 0.25) is 11.8 Å². The molecular formula is C12H23O5P. The Balaban J connectivity index is 2.86. The molecule has 1 rings (SSSR count). The molecule has 1 aliphatic rings. The zero-order valence-corrected chi connectivity index (χ0v) is 12.8. The first kappa shape index (κ1) is 15.7. The Bertz CT molecular complexity index is 350. The van der Waals surface area contributed by atoms with E-state index < -0.39 is 13.9 Å². The second-order valence-electron chi connectivity index (χ2n) is 5.36. The van der Waals surface area contributed by atoms with Crippen molar-refractivity contribution in [2.45, 2.75) is 46.0 Å². The first-order chi connectivity index (χ1) is 8.20. The van der Waals surface area contributed by atoms with Crippen LogP contribution in [0.5, 0.6) is 0 Å². The molecule has 0 aromatic rings. The summed E-state index contributed by atoms with van der Waals surface area (Å²) in [4.78, 5) is 0. The van der Waals surface area contributed by atoms with Gasteiger partial charge in [-0.1, -0.05) is 6.92 Å². The van der Waals surface area contributed by atoms with Crippen LogP contribution in [0.4, 0.5) is 0 Å². The highest BCUT2D eigenvalue weighted by Crippen LogP contribution is 2.57. The lowest BCUT2D eigenvalue weighted by molar-refractivity contribution is -0.184. The third-order valence-electron chi connectivity index (χ3n) is 2.48. The van der Waals surface area contributed by atoms with Gasteiger partial charge in [-0.15, -0.1) is 0 Å². The van der Waals surface area contributed by atoms with Gasteiger partial charge in [-0.3, -0.25) is 4.57 Å². The molecule has 1 aliphatic heterocycles. The highest BCUT2D eigenvalue weighted by molar-refractivity contribution is 7.58. The monoisotopic (exact) mass is 278 g/mol. The number of allylic oxidation sites excluding steroid dienone is 1. The van der Waals surface area contributed by atoms with Crippen molar-refractivity contribution >= 4 is 7.60 Å². The summed E-state index contributed by atoms with van der Waals surface area (Å²) in [6, 6.07) is 0. The fraction of sp³-hybridized carbons (Fsp3) is 0.833. The molecule has 18 heavy (non-hydrogen) atoms. The minimum absolute atomic E-state index is 0.194. The first-order valence-electron chi connectivity index (χ1n) is 5.98. The van der Waals surface area contributed by atoms with E-state index in [1.807, 2.05) is 27.7 Å². The highest BCUT2D eigenvalue weighted by atomic mass is 31.2. The van der Waals surface area contributed by atoms with E-state index in [0.29, 0.717) is 6.42 Å². The van der Waals surface area contributed by atoms with Gasteiger partial charge in [0.25, 0.3) is 0 Å². The molecule has 0 saturated heterocycles. The molecule has 0 bridgehead atoms. The Morgan fingerprint density at radius 3 is 2.33 bits per heavy atom. The maximum Gasteiger partial charge on any atom is 0.394 e. The van der Waals surface area contributed by atoms with E-state index in [2.05, 4.69) is 0 Å². The summed E-state index contributed by atoms with van der Waals surface area (Å²) in [6.07, 6.45) is 2.06. The first-order valence-corrected chi connectivity index (χ1v) is 7.53. The largest absolute Gasteiger partial charge is 0.457 e. The number of hydrogen-bond donors (Lipinski definition) is 0. The van der Waals surface area contributed by atoms with Crippen LogP contribution >= 0.6 is 7.60 Å². The predicted molar refractivity (Wildman–Crippen MR) is 69.2 cm³/mol. The van der Waals surface area contributed by atoms with Crippen LogP contribution in [0.1, 0.15) is 34.1 Å². The van der Waals surface area contributed by atoms with Gasteiger partial charge in [-0.25, -0.2) is 0 Å². The lowest BCUT2D eigenvalue weighted by atomic mass is 10.1. The van der Waals surface area contributed by atoms with Crippen molar-refractivity contribution in [3.63, 3.8) is 0 Å². The van der Waals surface area contributed by atoms with Crippen molar-refractivity contribution in [2.24, 2.45) is 5.92 Å². The minimum atomic E-state index is -3.34. The van der Waals surface area contributed by atoms with Crippen molar-refractivity contribution in [1.29, 1.82) is 0 Å². The van der Waals surface area contributed by atoms with Crippen LogP contribution in [-0.4, -0.2) is 26.1 Å². The number of ether oxygens (including phenoxy) is 2. The van der Waals surface area contributed by atoms with E-state index >= 15 is 0 Å². The zero-order valence-electron chi connectivity index (χ0n) is 11.9. The predicted octanol–water partition coefficient (Wildman–Crippen LogP) is 3.51. The summed E-state index contributed by atoms with van der Waals surface area (Å²) >= 11 is 0. The van der Waals surface area contributed by atoms with Crippen molar-refractivity contribution in [2.75, 3.05) is 14.2 Å². The molecule has 6 heteroatoms. The molecule has 5 nitrogen and oxygen atoms in total. The SMILES string of the molecule is COP(=O)(OC)C1=C[C@H](C)C[C@H](OC(C)(C)C)O1. The Hall–Kier alpha value is -0.350. The summed E-state index contributed by atoms with van der Waals surface area (Å²) in [5.74, 6) is 0.194. The van der Waals surface area contributed by atoms with E-state index in [1.165, 1.54) is 14.2 Å². The fourth-order valence-corrected chi connectivity index (χ4v) is 2.91. The van der Waals surface area contributed by atoms with Crippen molar-refractivity contribution in [3.8, 4) is 0 Å². The number of hydrogen-bond acceptors (Lipinski definition) is 5. The minimum Gasteiger partial charge on any atom is -0.457 e. The Morgan fingerprint density at radius 1 is 1.33 bits per heavy atom. The van der Waals surface area contributed by atoms with Gasteiger partial charge in [0.15, 0.2) is 0 Å². The van der Waals surface area contributed by atoms with E-state index in [4.69, 9.17) is 18.5 Å². The average molecular weight is 278 g/mol. The zero-order chi connectivity index (χ0) is 14.0. The van der Waals surface area contributed by atoms with Crippen LogP contribution < -0.4 is 0 Å². The van der Waals surface area contributed by atoms with Crippen molar-refractivity contribution in [3.05, 3.63) is 11.6 Å². The summed E-state index contributed by atoms with van der Waals surface area (Å²) in [5, 5.41) is 0. The summed E-state index contributed by atoms with van der Waals surface area (Å²) in [7, 11) is -0.657. The molecule has 0 aliphatic carbocycles. The van der Waals surface area contributed by atoms with Gasteiger partial charge in [0.1, 0.15) is 0 Å². The average Bonchev–Trinajstić information content (AvgIpc) is 2.24. The van der Waals surface area contributed by atoms with E-state index in [1.54, 1.807) is 6.08 Å². The smallest absolute Gasteiger partial charge is 0.394 e. The van der Waals surface area contributed by atoms with E-state index in [9.17, 15) is 4.57 Å². The van der Waals surface area contributed by atoms with Gasteiger partial charge in [0.05, 0.1) is 5.60 Å². The molecule has 0 spiro atoms. The third-order valence-corrected chi connectivity index (χ3v) is 4.23. The quantitative estimate of drug-likeness (QED) is 0.736. The molecule has 0 N–H and O–H groups in total. The van der Waals surface area contributed by atoms with Crippen LogP contribution in [0.25, 0.3) is 0 Å². The molecule has 2 atom stereocenters. The molecular weight excluding hydrogens is 255 g/mol. The maximum atomic E-state index is 12.3. The van der Waals surface area contributed by atoms with Gasteiger partial charge in [-0.2, -0.15) is 0 Å². The van der Waals surface area contributed by atoms with Crippen LogP contribution in [0.3, 0.4) is 0 Å². The van der Waals surface area contributed by atoms with Crippen LogP contribution in [-0.2, 0) is 23.1 Å². The van der Waals surface area contributed by atoms with Gasteiger partial charge in [0, 0.05) is 20.6 Å². The molecule has 0 saturated carbocycles. The van der Waals surface area contributed by atoms with Crippen LogP contribution in [0.15, 0.2) is 11.6 Å². The topological polar surface area (TPSA) is 54.0 Å². The van der Waals surface area contributed by atoms with Gasteiger partial charge in [-0.05, 0) is 32.8 Å². The Labute approximate surface area is 109 Å². The molecule has 1 heterocycles. The van der Waals surface area contributed by atoms with Crippen molar-refractivity contribution in [1.82, 2.24) is 0 Å². The second kappa shape index (κ2) is 5.74. The molecule has 0 unspecified atom stereocenters. The van der Waals surface area contributed by atoms with Gasteiger partial charge < -0.3 is 18.5 Å². The summed E-state index contributed by atoms with van der Waals surface area (Å²) in [5.41, 5.74) is -0.0859. The Morgan fingerprint density at radius 2 is 1.89 bits per heavy atom. The highest BCUT2D eigenvalue weighted by Gasteiger charge is 2.36.